The summed E-state index contributed by atoms with van der Waals surface area (Å²) in [6.45, 7) is 4.94. The number of hydrogen-bond donors (Lipinski definition) is 1. The van der Waals surface area contributed by atoms with Crippen LogP contribution in [-0.2, 0) is 6.54 Å². The first-order chi connectivity index (χ1) is 8.67. The van der Waals surface area contributed by atoms with E-state index in [9.17, 15) is 0 Å². The molecule has 1 aromatic carbocycles. The fraction of sp³-hybridized carbons (Fsp3) is 0.333. The lowest BCUT2D eigenvalue weighted by Gasteiger charge is -2.13. The van der Waals surface area contributed by atoms with Gasteiger partial charge in [0, 0.05) is 6.54 Å². The van der Waals surface area contributed by atoms with Gasteiger partial charge in [-0.05, 0) is 51.1 Å². The molecule has 0 radical (unpaired) electrons. The van der Waals surface area contributed by atoms with Gasteiger partial charge < -0.3 is 10.5 Å². The van der Waals surface area contributed by atoms with E-state index in [2.05, 4.69) is 36.7 Å². The van der Waals surface area contributed by atoms with Gasteiger partial charge in [0.15, 0.2) is 0 Å². The van der Waals surface area contributed by atoms with Crippen molar-refractivity contribution >= 4 is 11.3 Å². The highest BCUT2D eigenvalue weighted by Crippen LogP contribution is 2.34. The highest BCUT2D eigenvalue weighted by atomic mass is 32.1. The van der Waals surface area contributed by atoms with E-state index in [1.54, 1.807) is 18.4 Å². The molecule has 0 saturated carbocycles. The number of ether oxygens (including phenoxy) is 1. The molecule has 0 saturated heterocycles. The SMILES string of the molecule is COc1ccc(-c2cscc2CN)cc1C(C)C. The van der Waals surface area contributed by atoms with Crippen molar-refractivity contribution in [3.05, 3.63) is 40.1 Å². The normalized spacial score (nSPS) is 10.9. The van der Waals surface area contributed by atoms with E-state index < -0.39 is 0 Å². The Labute approximate surface area is 112 Å². The largest absolute Gasteiger partial charge is 0.496 e. The van der Waals surface area contributed by atoms with E-state index in [1.807, 2.05) is 6.07 Å². The van der Waals surface area contributed by atoms with Crippen molar-refractivity contribution in [3.63, 3.8) is 0 Å². The predicted octanol–water partition coefficient (Wildman–Crippen LogP) is 4.01. The molecule has 2 aromatic rings. The van der Waals surface area contributed by atoms with Crippen LogP contribution in [0.2, 0.25) is 0 Å². The molecule has 0 aliphatic heterocycles. The summed E-state index contributed by atoms with van der Waals surface area (Å²) >= 11 is 1.70. The molecule has 96 valence electrons. The molecule has 2 rings (SSSR count). The molecule has 0 aliphatic rings. The number of methoxy groups -OCH3 is 1. The second kappa shape index (κ2) is 5.55. The van der Waals surface area contributed by atoms with Crippen molar-refractivity contribution < 1.29 is 4.74 Å². The minimum Gasteiger partial charge on any atom is -0.496 e. The van der Waals surface area contributed by atoms with E-state index >= 15 is 0 Å². The maximum atomic E-state index is 5.77. The van der Waals surface area contributed by atoms with Gasteiger partial charge in [0.1, 0.15) is 5.75 Å². The molecule has 0 fully saturated rings. The second-order valence-corrected chi connectivity index (χ2v) is 5.37. The van der Waals surface area contributed by atoms with Gasteiger partial charge in [-0.25, -0.2) is 0 Å². The monoisotopic (exact) mass is 261 g/mol. The molecule has 0 atom stereocenters. The summed E-state index contributed by atoms with van der Waals surface area (Å²) in [5.41, 5.74) is 10.7. The van der Waals surface area contributed by atoms with Crippen LogP contribution in [0.4, 0.5) is 0 Å². The fourth-order valence-corrected chi connectivity index (χ4v) is 2.97. The Morgan fingerprint density at radius 2 is 2.06 bits per heavy atom. The van der Waals surface area contributed by atoms with Gasteiger partial charge in [0.05, 0.1) is 7.11 Å². The van der Waals surface area contributed by atoms with Crippen molar-refractivity contribution in [2.24, 2.45) is 5.73 Å². The van der Waals surface area contributed by atoms with E-state index in [0.717, 1.165) is 5.75 Å². The topological polar surface area (TPSA) is 35.2 Å². The van der Waals surface area contributed by atoms with Crippen LogP contribution < -0.4 is 10.5 Å². The Morgan fingerprint density at radius 1 is 1.28 bits per heavy atom. The van der Waals surface area contributed by atoms with Crippen LogP contribution in [0.3, 0.4) is 0 Å². The molecule has 0 spiro atoms. The number of hydrogen-bond acceptors (Lipinski definition) is 3. The van der Waals surface area contributed by atoms with Crippen LogP contribution in [-0.4, -0.2) is 7.11 Å². The van der Waals surface area contributed by atoms with E-state index in [1.165, 1.54) is 22.3 Å². The van der Waals surface area contributed by atoms with Gasteiger partial charge in [0.2, 0.25) is 0 Å². The predicted molar refractivity (Wildman–Crippen MR) is 78.3 cm³/mol. The van der Waals surface area contributed by atoms with E-state index in [4.69, 9.17) is 10.5 Å². The zero-order valence-electron chi connectivity index (χ0n) is 11.1. The fourth-order valence-electron chi connectivity index (χ4n) is 2.09. The van der Waals surface area contributed by atoms with Crippen molar-refractivity contribution in [2.45, 2.75) is 26.3 Å². The molecule has 2 nitrogen and oxygen atoms in total. The molecule has 3 heteroatoms. The molecule has 1 heterocycles. The van der Waals surface area contributed by atoms with Crippen LogP contribution in [0.5, 0.6) is 5.75 Å². The molecule has 0 unspecified atom stereocenters. The standard InChI is InChI=1S/C15H19NOS/c1-10(2)13-6-11(4-5-15(13)17-3)14-9-18-8-12(14)7-16/h4-6,8-10H,7,16H2,1-3H3. The van der Waals surface area contributed by atoms with Gasteiger partial charge in [-0.1, -0.05) is 19.9 Å². The molecule has 0 bridgehead atoms. The third kappa shape index (κ3) is 2.42. The lowest BCUT2D eigenvalue weighted by atomic mass is 9.96. The van der Waals surface area contributed by atoms with Crippen LogP contribution in [0.15, 0.2) is 29.0 Å². The number of nitrogens with two attached hydrogens (primary N) is 1. The van der Waals surface area contributed by atoms with E-state index in [0.29, 0.717) is 12.5 Å². The summed E-state index contributed by atoms with van der Waals surface area (Å²) in [4.78, 5) is 0. The average Bonchev–Trinajstić information content (AvgIpc) is 2.86. The van der Waals surface area contributed by atoms with Gasteiger partial charge in [-0.2, -0.15) is 11.3 Å². The van der Waals surface area contributed by atoms with Gasteiger partial charge in [0.25, 0.3) is 0 Å². The number of thiophene rings is 1. The van der Waals surface area contributed by atoms with Crippen LogP contribution in [0.1, 0.15) is 30.9 Å². The first kappa shape index (κ1) is 13.1. The summed E-state index contributed by atoms with van der Waals surface area (Å²) < 4.78 is 5.41. The van der Waals surface area contributed by atoms with Gasteiger partial charge in [-0.3, -0.25) is 0 Å². The highest BCUT2D eigenvalue weighted by Gasteiger charge is 2.11. The summed E-state index contributed by atoms with van der Waals surface area (Å²) in [7, 11) is 1.72. The van der Waals surface area contributed by atoms with Crippen LogP contribution in [0, 0.1) is 0 Å². The third-order valence-electron chi connectivity index (χ3n) is 3.12. The summed E-state index contributed by atoms with van der Waals surface area (Å²) in [5.74, 6) is 1.40. The molecule has 1 aromatic heterocycles. The maximum absolute atomic E-state index is 5.77. The average molecular weight is 261 g/mol. The van der Waals surface area contributed by atoms with Crippen molar-refractivity contribution in [1.29, 1.82) is 0 Å². The Kier molecular flexibility index (Phi) is 4.04. The molecule has 2 N–H and O–H groups in total. The molecule has 18 heavy (non-hydrogen) atoms. The van der Waals surface area contributed by atoms with Crippen LogP contribution >= 0.6 is 11.3 Å². The Balaban J connectivity index is 2.50. The summed E-state index contributed by atoms with van der Waals surface area (Å²) in [6.07, 6.45) is 0. The second-order valence-electron chi connectivity index (χ2n) is 4.63. The Bertz CT molecular complexity index is 531. The first-order valence-corrected chi connectivity index (χ1v) is 7.05. The smallest absolute Gasteiger partial charge is 0.122 e. The molecule has 0 aliphatic carbocycles. The maximum Gasteiger partial charge on any atom is 0.122 e. The number of benzene rings is 1. The Morgan fingerprint density at radius 3 is 2.67 bits per heavy atom. The van der Waals surface area contributed by atoms with Crippen LogP contribution in [0.25, 0.3) is 11.1 Å². The minimum absolute atomic E-state index is 0.444. The van der Waals surface area contributed by atoms with Crippen molar-refractivity contribution in [3.8, 4) is 16.9 Å². The zero-order chi connectivity index (χ0) is 13.1. The first-order valence-electron chi connectivity index (χ1n) is 6.10. The lowest BCUT2D eigenvalue weighted by Crippen LogP contribution is -1.98. The lowest BCUT2D eigenvalue weighted by molar-refractivity contribution is 0.407. The quantitative estimate of drug-likeness (QED) is 0.902. The van der Waals surface area contributed by atoms with Gasteiger partial charge >= 0.3 is 0 Å². The summed E-state index contributed by atoms with van der Waals surface area (Å²) in [5, 5.41) is 4.28. The molecular formula is C15H19NOS. The number of rotatable bonds is 4. The van der Waals surface area contributed by atoms with Crippen molar-refractivity contribution in [2.75, 3.05) is 7.11 Å². The van der Waals surface area contributed by atoms with Crippen molar-refractivity contribution in [1.82, 2.24) is 0 Å². The Hall–Kier alpha value is -1.32. The summed E-state index contributed by atoms with van der Waals surface area (Å²) in [6, 6.07) is 6.36. The minimum atomic E-state index is 0.444. The molecular weight excluding hydrogens is 242 g/mol. The molecule has 0 amide bonds. The van der Waals surface area contributed by atoms with E-state index in [-0.39, 0.29) is 0 Å². The van der Waals surface area contributed by atoms with Gasteiger partial charge in [-0.15, -0.1) is 0 Å². The zero-order valence-corrected chi connectivity index (χ0v) is 11.9. The third-order valence-corrected chi connectivity index (χ3v) is 3.92. The highest BCUT2D eigenvalue weighted by molar-refractivity contribution is 7.08.